The molecule has 0 bridgehead atoms. The molecule has 2 rings (SSSR count). The van der Waals surface area contributed by atoms with Crippen LogP contribution in [-0.4, -0.2) is 4.98 Å². The zero-order chi connectivity index (χ0) is 7.68. The summed E-state index contributed by atoms with van der Waals surface area (Å²) in [5.41, 5.74) is 0.440. The molecule has 0 atom stereocenters. The summed E-state index contributed by atoms with van der Waals surface area (Å²) in [6, 6.07) is 8.56. The first-order valence-electron chi connectivity index (χ1n) is 3.37. The van der Waals surface area contributed by atoms with Crippen LogP contribution >= 0.6 is 0 Å². The Hall–Kier alpha value is -1.44. The van der Waals surface area contributed by atoms with Crippen LogP contribution in [0.5, 0.6) is 0 Å². The number of rotatable bonds is 0. The van der Waals surface area contributed by atoms with Crippen LogP contribution < -0.4 is 0 Å². The third-order valence-electron chi connectivity index (χ3n) is 1.58. The number of halogens is 1. The lowest BCUT2D eigenvalue weighted by atomic mass is 10.2. The van der Waals surface area contributed by atoms with Crippen LogP contribution in [0.3, 0.4) is 0 Å². The summed E-state index contributed by atoms with van der Waals surface area (Å²) in [6.07, 6.45) is 1.59. The zero-order valence-corrected chi connectivity index (χ0v) is 5.79. The smallest absolute Gasteiger partial charge is 0.149 e. The third kappa shape index (κ3) is 0.963. The summed E-state index contributed by atoms with van der Waals surface area (Å²) < 4.78 is 12.9. The van der Waals surface area contributed by atoms with E-state index in [2.05, 4.69) is 4.98 Å². The number of hydrogen-bond acceptors (Lipinski definition) is 1. The van der Waals surface area contributed by atoms with Gasteiger partial charge in [0.15, 0.2) is 0 Å². The average molecular weight is 146 g/mol. The van der Waals surface area contributed by atoms with Gasteiger partial charge in [0.1, 0.15) is 11.3 Å². The predicted octanol–water partition coefficient (Wildman–Crippen LogP) is 2.37. The van der Waals surface area contributed by atoms with Crippen LogP contribution in [0.2, 0.25) is 0 Å². The van der Waals surface area contributed by atoms with Crippen molar-refractivity contribution in [2.24, 2.45) is 0 Å². The quantitative estimate of drug-likeness (QED) is 0.556. The molecule has 0 spiro atoms. The number of nitrogens with zero attached hydrogens (tertiary/aromatic N) is 1. The lowest BCUT2D eigenvalue weighted by Gasteiger charge is -1.94. The Bertz CT molecular complexity index is 379. The second kappa shape index (κ2) is 2.31. The first kappa shape index (κ1) is 6.28. The largest absolute Gasteiger partial charge is 0.253 e. The van der Waals surface area contributed by atoms with Gasteiger partial charge in [-0.1, -0.05) is 18.2 Å². The minimum atomic E-state index is -0.261. The van der Waals surface area contributed by atoms with E-state index in [4.69, 9.17) is 0 Å². The van der Waals surface area contributed by atoms with Gasteiger partial charge in [-0.15, -0.1) is 0 Å². The van der Waals surface area contributed by atoms with Gasteiger partial charge in [0.05, 0.1) is 0 Å². The molecule has 2 heteroatoms. The summed E-state index contributed by atoms with van der Waals surface area (Å²) in [5.74, 6) is -0.261. The van der Waals surface area contributed by atoms with E-state index < -0.39 is 0 Å². The number of fused-ring (bicyclic) bond motifs is 1. The van der Waals surface area contributed by atoms with E-state index in [0.717, 1.165) is 5.39 Å². The Morgan fingerprint density at radius 2 is 1.91 bits per heavy atom. The van der Waals surface area contributed by atoms with Gasteiger partial charge in [-0.25, -0.2) is 4.39 Å². The van der Waals surface area contributed by atoms with E-state index in [1.54, 1.807) is 18.3 Å². The molecule has 0 saturated heterocycles. The normalized spacial score (nSPS) is 10.3. The van der Waals surface area contributed by atoms with E-state index >= 15 is 0 Å². The van der Waals surface area contributed by atoms with Gasteiger partial charge in [-0.2, -0.15) is 0 Å². The van der Waals surface area contributed by atoms with Gasteiger partial charge < -0.3 is 0 Å². The van der Waals surface area contributed by atoms with E-state index in [9.17, 15) is 4.39 Å². The maximum Gasteiger partial charge on any atom is 0.149 e. The zero-order valence-electron chi connectivity index (χ0n) is 5.79. The monoisotopic (exact) mass is 146 g/mol. The second-order valence-corrected chi connectivity index (χ2v) is 2.31. The molecule has 0 radical (unpaired) electrons. The van der Waals surface area contributed by atoms with Crippen molar-refractivity contribution in [3.8, 4) is 0 Å². The van der Waals surface area contributed by atoms with Gasteiger partial charge in [0.25, 0.3) is 0 Å². The third-order valence-corrected chi connectivity index (χ3v) is 1.58. The molecular weight excluding hydrogens is 140 g/mol. The Morgan fingerprint density at radius 1 is 1.09 bits per heavy atom. The van der Waals surface area contributed by atoms with Crippen LogP contribution in [0.25, 0.3) is 10.9 Å². The van der Waals surface area contributed by atoms with Gasteiger partial charge in [0, 0.05) is 11.6 Å². The minimum absolute atomic E-state index is 0.261. The molecule has 0 saturated carbocycles. The molecule has 0 unspecified atom stereocenters. The SMILES string of the molecule is [18F]c1cccc2cccnc12. The van der Waals surface area contributed by atoms with Crippen molar-refractivity contribution in [1.29, 1.82) is 0 Å². The molecular formula is C9H6FN. The molecule has 54 valence electrons. The van der Waals surface area contributed by atoms with Crippen molar-refractivity contribution in [2.45, 2.75) is 0 Å². The molecule has 0 N–H and O–H groups in total. The standard InChI is InChI=1S/C9H6FN/c10-8-5-1-3-7-4-2-6-11-9(7)8/h1-6H/i10-1. The molecule has 0 amide bonds. The molecule has 1 aromatic heterocycles. The molecule has 0 aliphatic carbocycles. The first-order valence-corrected chi connectivity index (χ1v) is 3.37. The molecule has 1 nitrogen and oxygen atoms in total. The summed E-state index contributed by atoms with van der Waals surface area (Å²) in [6.45, 7) is 0. The fraction of sp³-hybridized carbons (Fsp3) is 0. The van der Waals surface area contributed by atoms with E-state index in [0.29, 0.717) is 5.52 Å². The summed E-state index contributed by atoms with van der Waals surface area (Å²) in [7, 11) is 0. The lowest BCUT2D eigenvalue weighted by Crippen LogP contribution is -1.81. The highest BCUT2D eigenvalue weighted by atomic mass is 18.2. The summed E-state index contributed by atoms with van der Waals surface area (Å²) in [4.78, 5) is 3.91. The van der Waals surface area contributed by atoms with Crippen molar-refractivity contribution < 1.29 is 4.39 Å². The number of pyridine rings is 1. The Labute approximate surface area is 63.5 Å². The molecule has 0 aliphatic rings. The highest BCUT2D eigenvalue weighted by Gasteiger charge is 1.97. The highest BCUT2D eigenvalue weighted by Crippen LogP contribution is 2.13. The predicted molar refractivity (Wildman–Crippen MR) is 41.7 cm³/mol. The van der Waals surface area contributed by atoms with Crippen molar-refractivity contribution in [1.82, 2.24) is 4.98 Å². The number of para-hydroxylation sites is 1. The van der Waals surface area contributed by atoms with Crippen molar-refractivity contribution in [2.75, 3.05) is 0 Å². The van der Waals surface area contributed by atoms with Gasteiger partial charge in [-0.05, 0) is 12.1 Å². The number of hydrogen-bond donors (Lipinski definition) is 0. The molecule has 11 heavy (non-hydrogen) atoms. The van der Waals surface area contributed by atoms with Gasteiger partial charge >= 0.3 is 0 Å². The van der Waals surface area contributed by atoms with Gasteiger partial charge in [0.2, 0.25) is 0 Å². The number of aromatic nitrogens is 1. The first-order chi connectivity index (χ1) is 5.38. The molecule has 0 aliphatic heterocycles. The second-order valence-electron chi connectivity index (χ2n) is 2.31. The lowest BCUT2D eigenvalue weighted by molar-refractivity contribution is 0.637. The molecule has 2 aromatic rings. The Kier molecular flexibility index (Phi) is 1.32. The maximum absolute atomic E-state index is 12.9. The van der Waals surface area contributed by atoms with E-state index in [1.165, 1.54) is 6.07 Å². The summed E-state index contributed by atoms with van der Waals surface area (Å²) in [5, 5.41) is 0.840. The van der Waals surface area contributed by atoms with Gasteiger partial charge in [-0.3, -0.25) is 4.98 Å². The topological polar surface area (TPSA) is 12.9 Å². The molecule has 1 heterocycles. The van der Waals surface area contributed by atoms with Crippen LogP contribution in [0.15, 0.2) is 36.5 Å². The minimum Gasteiger partial charge on any atom is -0.253 e. The fourth-order valence-electron chi connectivity index (χ4n) is 1.07. The van der Waals surface area contributed by atoms with Crippen molar-refractivity contribution in [3.63, 3.8) is 0 Å². The molecule has 1 aromatic carbocycles. The van der Waals surface area contributed by atoms with Crippen molar-refractivity contribution in [3.05, 3.63) is 42.3 Å². The van der Waals surface area contributed by atoms with Crippen LogP contribution in [0.4, 0.5) is 4.39 Å². The Balaban J connectivity index is 2.91. The fourth-order valence-corrected chi connectivity index (χ4v) is 1.07. The number of benzene rings is 1. The van der Waals surface area contributed by atoms with Crippen LogP contribution in [0.1, 0.15) is 0 Å². The van der Waals surface area contributed by atoms with E-state index in [-0.39, 0.29) is 5.82 Å². The molecule has 0 fully saturated rings. The van der Waals surface area contributed by atoms with Crippen molar-refractivity contribution >= 4 is 10.9 Å². The average Bonchev–Trinajstić information content (AvgIpc) is 2.06. The van der Waals surface area contributed by atoms with E-state index in [1.807, 2.05) is 12.1 Å². The van der Waals surface area contributed by atoms with Crippen LogP contribution in [0, 0.1) is 5.82 Å². The summed E-state index contributed by atoms with van der Waals surface area (Å²) >= 11 is 0. The van der Waals surface area contributed by atoms with Crippen LogP contribution in [-0.2, 0) is 0 Å². The highest BCUT2D eigenvalue weighted by molar-refractivity contribution is 5.78. The Morgan fingerprint density at radius 3 is 2.73 bits per heavy atom. The maximum atomic E-state index is 12.9.